The molecule has 0 unspecified atom stereocenters. The predicted molar refractivity (Wildman–Crippen MR) is 92.3 cm³/mol. The van der Waals surface area contributed by atoms with Gasteiger partial charge in [-0.05, 0) is 42.8 Å². The van der Waals surface area contributed by atoms with Crippen LogP contribution >= 0.6 is 11.6 Å². The molecule has 0 amide bonds. The fraction of sp³-hybridized carbons (Fsp3) is 0.111. The lowest BCUT2D eigenvalue weighted by Gasteiger charge is -2.02. The van der Waals surface area contributed by atoms with Gasteiger partial charge in [-0.2, -0.15) is 0 Å². The van der Waals surface area contributed by atoms with Crippen molar-refractivity contribution in [1.82, 2.24) is 9.78 Å². The van der Waals surface area contributed by atoms with Crippen molar-refractivity contribution in [2.24, 2.45) is 0 Å². The number of nitrogens with zero attached hydrogens (tertiary/aromatic N) is 1. The van der Waals surface area contributed by atoms with Gasteiger partial charge >= 0.3 is 5.97 Å². The van der Waals surface area contributed by atoms with Crippen molar-refractivity contribution in [2.75, 3.05) is 0 Å². The Morgan fingerprint density at radius 3 is 2.58 bits per heavy atom. The summed E-state index contributed by atoms with van der Waals surface area (Å²) >= 11 is 5.88. The van der Waals surface area contributed by atoms with Gasteiger partial charge < -0.3 is 5.11 Å². The number of rotatable bonds is 4. The standard InChI is InChI=1S/C18H15ClN2O3/c1-11-16(9-12-5-7-14(19)8-6-12)17(22)21(20-11)15-4-2-3-13(10-15)18(23)24/h2-8,10,20H,9H2,1H3,(H,23,24). The van der Waals surface area contributed by atoms with Gasteiger partial charge in [0.2, 0.25) is 0 Å². The van der Waals surface area contributed by atoms with Gasteiger partial charge in [0.1, 0.15) is 0 Å². The summed E-state index contributed by atoms with van der Waals surface area (Å²) < 4.78 is 1.37. The molecule has 0 spiro atoms. The van der Waals surface area contributed by atoms with Crippen LogP contribution in [0.2, 0.25) is 5.02 Å². The van der Waals surface area contributed by atoms with E-state index < -0.39 is 5.97 Å². The molecule has 1 heterocycles. The maximum absolute atomic E-state index is 12.7. The first-order chi connectivity index (χ1) is 11.5. The number of halogens is 1. The van der Waals surface area contributed by atoms with E-state index in [0.29, 0.717) is 22.7 Å². The van der Waals surface area contributed by atoms with E-state index in [2.05, 4.69) is 5.10 Å². The summed E-state index contributed by atoms with van der Waals surface area (Å²) in [7, 11) is 0. The van der Waals surface area contributed by atoms with Crippen LogP contribution in [0.1, 0.15) is 27.2 Å². The molecule has 3 aromatic rings. The Labute approximate surface area is 143 Å². The number of carboxylic acid groups (broad SMARTS) is 1. The van der Waals surface area contributed by atoms with E-state index in [4.69, 9.17) is 16.7 Å². The average Bonchev–Trinajstić information content (AvgIpc) is 2.85. The molecule has 0 fully saturated rings. The average molecular weight is 343 g/mol. The van der Waals surface area contributed by atoms with Crippen molar-refractivity contribution in [3.8, 4) is 5.69 Å². The Balaban J connectivity index is 2.00. The second-order valence-electron chi connectivity index (χ2n) is 5.51. The first-order valence-electron chi connectivity index (χ1n) is 7.34. The summed E-state index contributed by atoms with van der Waals surface area (Å²) in [6.45, 7) is 1.82. The van der Waals surface area contributed by atoms with Gasteiger partial charge in [0.05, 0.1) is 11.3 Å². The van der Waals surface area contributed by atoms with Crippen LogP contribution in [0.5, 0.6) is 0 Å². The quantitative estimate of drug-likeness (QED) is 0.763. The SMILES string of the molecule is Cc1[nH]n(-c2cccc(C(=O)O)c2)c(=O)c1Cc1ccc(Cl)cc1. The Morgan fingerprint density at radius 1 is 1.21 bits per heavy atom. The normalized spacial score (nSPS) is 10.8. The Hall–Kier alpha value is -2.79. The number of benzene rings is 2. The van der Waals surface area contributed by atoms with E-state index in [1.54, 1.807) is 24.3 Å². The van der Waals surface area contributed by atoms with Gasteiger partial charge in [0.15, 0.2) is 0 Å². The molecule has 0 saturated carbocycles. The van der Waals surface area contributed by atoms with Gasteiger partial charge in [-0.15, -0.1) is 0 Å². The van der Waals surface area contributed by atoms with E-state index in [1.807, 2.05) is 19.1 Å². The van der Waals surface area contributed by atoms with Gasteiger partial charge in [-0.3, -0.25) is 9.89 Å². The minimum Gasteiger partial charge on any atom is -0.478 e. The number of carboxylic acids is 1. The highest BCUT2D eigenvalue weighted by molar-refractivity contribution is 6.30. The third kappa shape index (κ3) is 3.12. The second-order valence-corrected chi connectivity index (χ2v) is 5.95. The van der Waals surface area contributed by atoms with Gasteiger partial charge in [-0.25, -0.2) is 9.48 Å². The molecular formula is C18H15ClN2O3. The van der Waals surface area contributed by atoms with Crippen LogP contribution in [-0.2, 0) is 6.42 Å². The molecule has 0 radical (unpaired) electrons. The predicted octanol–water partition coefficient (Wildman–Crippen LogP) is 3.42. The molecular weight excluding hydrogens is 328 g/mol. The monoisotopic (exact) mass is 342 g/mol. The van der Waals surface area contributed by atoms with Gasteiger partial charge in [-0.1, -0.05) is 29.8 Å². The van der Waals surface area contributed by atoms with E-state index >= 15 is 0 Å². The molecule has 3 rings (SSSR count). The maximum atomic E-state index is 12.7. The molecule has 122 valence electrons. The maximum Gasteiger partial charge on any atom is 0.335 e. The van der Waals surface area contributed by atoms with Crippen molar-refractivity contribution in [3.63, 3.8) is 0 Å². The first-order valence-corrected chi connectivity index (χ1v) is 7.72. The van der Waals surface area contributed by atoms with Crippen LogP contribution in [0.25, 0.3) is 5.69 Å². The Bertz CT molecular complexity index is 955. The summed E-state index contributed by atoms with van der Waals surface area (Å²) in [6, 6.07) is 13.6. The molecule has 6 heteroatoms. The Morgan fingerprint density at radius 2 is 1.92 bits per heavy atom. The van der Waals surface area contributed by atoms with Crippen LogP contribution in [0.4, 0.5) is 0 Å². The number of hydrogen-bond acceptors (Lipinski definition) is 2. The second kappa shape index (κ2) is 6.37. The zero-order valence-corrected chi connectivity index (χ0v) is 13.7. The van der Waals surface area contributed by atoms with Crippen LogP contribution in [0.3, 0.4) is 0 Å². The molecule has 0 aliphatic carbocycles. The lowest BCUT2D eigenvalue weighted by molar-refractivity contribution is 0.0697. The fourth-order valence-corrected chi connectivity index (χ4v) is 2.68. The number of carbonyl (C=O) groups is 1. The molecule has 24 heavy (non-hydrogen) atoms. The van der Waals surface area contributed by atoms with Crippen molar-refractivity contribution in [1.29, 1.82) is 0 Å². The van der Waals surface area contributed by atoms with Gasteiger partial charge in [0.25, 0.3) is 5.56 Å². The van der Waals surface area contributed by atoms with Crippen LogP contribution in [0, 0.1) is 6.92 Å². The van der Waals surface area contributed by atoms with Crippen molar-refractivity contribution in [2.45, 2.75) is 13.3 Å². The molecule has 0 saturated heterocycles. The van der Waals surface area contributed by atoms with Crippen LogP contribution < -0.4 is 5.56 Å². The first kappa shape index (κ1) is 16.1. The van der Waals surface area contributed by atoms with Crippen LogP contribution in [0.15, 0.2) is 53.3 Å². The molecule has 2 N–H and O–H groups in total. The molecule has 0 bridgehead atoms. The van der Waals surface area contributed by atoms with E-state index in [9.17, 15) is 9.59 Å². The van der Waals surface area contributed by atoms with Gasteiger partial charge in [0, 0.05) is 22.7 Å². The molecule has 0 aliphatic heterocycles. The summed E-state index contributed by atoms with van der Waals surface area (Å²) in [5, 5.41) is 12.8. The zero-order chi connectivity index (χ0) is 17.3. The van der Waals surface area contributed by atoms with E-state index in [1.165, 1.54) is 16.8 Å². The summed E-state index contributed by atoms with van der Waals surface area (Å²) in [5.74, 6) is -1.03. The minimum absolute atomic E-state index is 0.130. The highest BCUT2D eigenvalue weighted by Gasteiger charge is 2.14. The number of H-pyrrole nitrogens is 1. The topological polar surface area (TPSA) is 75.1 Å². The third-order valence-electron chi connectivity index (χ3n) is 3.84. The lowest BCUT2D eigenvalue weighted by atomic mass is 10.1. The van der Waals surface area contributed by atoms with E-state index in [-0.39, 0.29) is 11.1 Å². The fourth-order valence-electron chi connectivity index (χ4n) is 2.56. The van der Waals surface area contributed by atoms with Crippen molar-refractivity contribution >= 4 is 17.6 Å². The zero-order valence-electron chi connectivity index (χ0n) is 12.9. The highest BCUT2D eigenvalue weighted by atomic mass is 35.5. The lowest BCUT2D eigenvalue weighted by Crippen LogP contribution is -2.18. The molecule has 1 aromatic heterocycles. The number of nitrogens with one attached hydrogen (secondary N) is 1. The Kier molecular flexibility index (Phi) is 4.27. The van der Waals surface area contributed by atoms with Crippen molar-refractivity contribution < 1.29 is 9.90 Å². The molecule has 0 atom stereocenters. The number of aromatic carboxylic acids is 1. The largest absolute Gasteiger partial charge is 0.478 e. The smallest absolute Gasteiger partial charge is 0.335 e. The summed E-state index contributed by atoms with van der Waals surface area (Å²) in [6.07, 6.45) is 0.476. The summed E-state index contributed by atoms with van der Waals surface area (Å²) in [4.78, 5) is 23.8. The number of hydrogen-bond donors (Lipinski definition) is 2. The molecule has 5 nitrogen and oxygen atoms in total. The minimum atomic E-state index is -1.03. The van der Waals surface area contributed by atoms with E-state index in [0.717, 1.165) is 11.3 Å². The summed E-state index contributed by atoms with van der Waals surface area (Å²) in [5.41, 5.74) is 2.79. The van der Waals surface area contributed by atoms with Crippen LogP contribution in [-0.4, -0.2) is 20.9 Å². The molecule has 2 aromatic carbocycles. The number of aromatic nitrogens is 2. The highest BCUT2D eigenvalue weighted by Crippen LogP contribution is 2.15. The van der Waals surface area contributed by atoms with Crippen molar-refractivity contribution in [3.05, 3.63) is 86.3 Å². The number of aromatic amines is 1. The third-order valence-corrected chi connectivity index (χ3v) is 4.09. The number of aryl methyl sites for hydroxylation is 1. The molecule has 0 aliphatic rings.